The van der Waals surface area contributed by atoms with Crippen LogP contribution in [0.1, 0.15) is 17.9 Å². The highest BCUT2D eigenvalue weighted by Crippen LogP contribution is 2.30. The average Bonchev–Trinajstić information content (AvgIpc) is 3.32. The molecular weight excluding hydrogens is 322 g/mol. The van der Waals surface area contributed by atoms with E-state index in [2.05, 4.69) is 20.7 Å². The van der Waals surface area contributed by atoms with Gasteiger partial charge in [0.15, 0.2) is 0 Å². The van der Waals surface area contributed by atoms with Crippen LogP contribution in [0.15, 0.2) is 12.1 Å². The maximum absolute atomic E-state index is 12.9. The third kappa shape index (κ3) is 3.22. The molecule has 4 heterocycles. The number of pyridine rings is 1. The standard InChI is InChI=1S/C17H25N5O3/c1-24-16-13(12-10-18-19-11-12)2-3-15(20-16)22-5-4-14(17(22)23)21-6-8-25-9-7-21/h2-3,12,14,18-19H,4-11H2,1H3. The zero-order valence-corrected chi connectivity index (χ0v) is 14.5. The van der Waals surface area contributed by atoms with Gasteiger partial charge < -0.3 is 9.47 Å². The quantitative estimate of drug-likeness (QED) is 0.775. The van der Waals surface area contributed by atoms with E-state index < -0.39 is 0 Å². The first-order chi connectivity index (χ1) is 12.3. The molecule has 0 saturated carbocycles. The van der Waals surface area contributed by atoms with E-state index in [1.807, 2.05) is 12.1 Å². The Bertz CT molecular complexity index is 629. The minimum atomic E-state index is -0.0559. The van der Waals surface area contributed by atoms with Crippen LogP contribution >= 0.6 is 0 Å². The van der Waals surface area contributed by atoms with E-state index in [-0.39, 0.29) is 11.9 Å². The van der Waals surface area contributed by atoms with Gasteiger partial charge in [0.05, 0.1) is 26.4 Å². The molecule has 0 aromatic carbocycles. The molecule has 4 rings (SSSR count). The van der Waals surface area contributed by atoms with E-state index in [1.54, 1.807) is 12.0 Å². The number of carbonyl (C=O) groups excluding carboxylic acids is 1. The van der Waals surface area contributed by atoms with Crippen molar-refractivity contribution in [2.45, 2.75) is 18.4 Å². The zero-order valence-electron chi connectivity index (χ0n) is 14.5. The van der Waals surface area contributed by atoms with Gasteiger partial charge in [-0.1, -0.05) is 0 Å². The molecule has 1 amide bonds. The summed E-state index contributed by atoms with van der Waals surface area (Å²) >= 11 is 0. The van der Waals surface area contributed by atoms with Crippen LogP contribution in [0.3, 0.4) is 0 Å². The molecule has 3 aliphatic heterocycles. The van der Waals surface area contributed by atoms with Gasteiger partial charge in [0.25, 0.3) is 0 Å². The maximum Gasteiger partial charge on any atom is 0.245 e. The Morgan fingerprint density at radius 1 is 1.20 bits per heavy atom. The van der Waals surface area contributed by atoms with Gasteiger partial charge in [-0.15, -0.1) is 0 Å². The Balaban J connectivity index is 1.52. The van der Waals surface area contributed by atoms with Gasteiger partial charge >= 0.3 is 0 Å². The Kier molecular flexibility index (Phi) is 4.85. The van der Waals surface area contributed by atoms with Gasteiger partial charge in [-0.05, 0) is 18.6 Å². The first kappa shape index (κ1) is 16.7. The monoisotopic (exact) mass is 347 g/mol. The third-order valence-corrected chi connectivity index (χ3v) is 5.27. The average molecular weight is 347 g/mol. The summed E-state index contributed by atoms with van der Waals surface area (Å²) < 4.78 is 10.9. The minimum Gasteiger partial charge on any atom is -0.481 e. The van der Waals surface area contributed by atoms with E-state index in [0.29, 0.717) is 37.4 Å². The number of methoxy groups -OCH3 is 1. The van der Waals surface area contributed by atoms with E-state index >= 15 is 0 Å². The van der Waals surface area contributed by atoms with Crippen LogP contribution in [0.25, 0.3) is 0 Å². The summed E-state index contributed by atoms with van der Waals surface area (Å²) in [5.74, 6) is 1.75. The fourth-order valence-corrected chi connectivity index (χ4v) is 3.87. The molecule has 0 bridgehead atoms. The topological polar surface area (TPSA) is 79.0 Å². The number of anilines is 1. The fraction of sp³-hybridized carbons (Fsp3) is 0.647. The number of morpholine rings is 1. The predicted molar refractivity (Wildman–Crippen MR) is 92.7 cm³/mol. The second-order valence-corrected chi connectivity index (χ2v) is 6.67. The summed E-state index contributed by atoms with van der Waals surface area (Å²) in [4.78, 5) is 21.5. The number of ether oxygens (including phenoxy) is 2. The van der Waals surface area contributed by atoms with Crippen LogP contribution < -0.4 is 20.5 Å². The first-order valence-electron chi connectivity index (χ1n) is 8.92. The molecule has 1 atom stereocenters. The number of amides is 1. The van der Waals surface area contributed by atoms with Gasteiger partial charge in [0.2, 0.25) is 11.8 Å². The smallest absolute Gasteiger partial charge is 0.245 e. The molecule has 8 heteroatoms. The molecule has 1 aromatic heterocycles. The lowest BCUT2D eigenvalue weighted by Gasteiger charge is -2.31. The van der Waals surface area contributed by atoms with Crippen molar-refractivity contribution in [2.24, 2.45) is 0 Å². The molecule has 3 fully saturated rings. The molecule has 25 heavy (non-hydrogen) atoms. The van der Waals surface area contributed by atoms with Gasteiger partial charge in [0.1, 0.15) is 5.82 Å². The second kappa shape index (κ2) is 7.25. The van der Waals surface area contributed by atoms with Crippen molar-refractivity contribution in [1.82, 2.24) is 20.7 Å². The highest BCUT2D eigenvalue weighted by Gasteiger charge is 2.38. The van der Waals surface area contributed by atoms with Crippen molar-refractivity contribution in [3.8, 4) is 5.88 Å². The summed E-state index contributed by atoms with van der Waals surface area (Å²) in [6.45, 7) is 5.44. The van der Waals surface area contributed by atoms with Crippen LogP contribution in [0.5, 0.6) is 5.88 Å². The maximum atomic E-state index is 12.9. The van der Waals surface area contributed by atoms with Gasteiger partial charge in [-0.2, -0.15) is 4.98 Å². The molecule has 0 aliphatic carbocycles. The summed E-state index contributed by atoms with van der Waals surface area (Å²) in [6.07, 6.45) is 0.834. The number of nitrogens with one attached hydrogen (secondary N) is 2. The highest BCUT2D eigenvalue weighted by atomic mass is 16.5. The van der Waals surface area contributed by atoms with Crippen LogP contribution in [0.2, 0.25) is 0 Å². The molecule has 0 spiro atoms. The summed E-state index contributed by atoms with van der Waals surface area (Å²) in [5, 5.41) is 0. The van der Waals surface area contributed by atoms with Crippen molar-refractivity contribution >= 4 is 11.7 Å². The largest absolute Gasteiger partial charge is 0.481 e. The molecule has 2 N–H and O–H groups in total. The number of rotatable bonds is 4. The molecule has 1 aromatic rings. The predicted octanol–water partition coefficient (Wildman–Crippen LogP) is -0.281. The molecular formula is C17H25N5O3. The Hall–Kier alpha value is -1.74. The number of hydrogen-bond donors (Lipinski definition) is 2. The normalized spacial score (nSPS) is 25.7. The summed E-state index contributed by atoms with van der Waals surface area (Å²) in [6, 6.07) is 3.92. The van der Waals surface area contributed by atoms with Crippen molar-refractivity contribution < 1.29 is 14.3 Å². The van der Waals surface area contributed by atoms with E-state index in [1.165, 1.54) is 0 Å². The van der Waals surface area contributed by atoms with Gasteiger partial charge in [0, 0.05) is 44.2 Å². The summed E-state index contributed by atoms with van der Waals surface area (Å²) in [7, 11) is 1.63. The molecule has 3 saturated heterocycles. The van der Waals surface area contributed by atoms with Crippen LogP contribution in [0.4, 0.5) is 5.82 Å². The van der Waals surface area contributed by atoms with E-state index in [0.717, 1.165) is 38.2 Å². The second-order valence-electron chi connectivity index (χ2n) is 6.67. The third-order valence-electron chi connectivity index (χ3n) is 5.27. The number of nitrogens with zero attached hydrogens (tertiary/aromatic N) is 3. The molecule has 1 unspecified atom stereocenters. The van der Waals surface area contributed by atoms with Crippen LogP contribution in [0, 0.1) is 0 Å². The SMILES string of the molecule is COc1nc(N2CCC(N3CCOCC3)C2=O)ccc1C1CNNC1. The van der Waals surface area contributed by atoms with E-state index in [9.17, 15) is 4.79 Å². The van der Waals surface area contributed by atoms with Crippen molar-refractivity contribution in [1.29, 1.82) is 0 Å². The molecule has 3 aliphatic rings. The lowest BCUT2D eigenvalue weighted by atomic mass is 10.0. The van der Waals surface area contributed by atoms with Gasteiger partial charge in [-0.25, -0.2) is 0 Å². The first-order valence-corrected chi connectivity index (χ1v) is 8.92. The lowest BCUT2D eigenvalue weighted by Crippen LogP contribution is -2.47. The zero-order chi connectivity index (χ0) is 17.2. The number of carbonyl (C=O) groups is 1. The number of aromatic nitrogens is 1. The Morgan fingerprint density at radius 2 is 1.96 bits per heavy atom. The molecule has 0 radical (unpaired) electrons. The van der Waals surface area contributed by atoms with Crippen molar-refractivity contribution in [3.63, 3.8) is 0 Å². The number of hydrogen-bond acceptors (Lipinski definition) is 7. The van der Waals surface area contributed by atoms with Crippen LogP contribution in [-0.4, -0.2) is 74.9 Å². The molecule has 8 nitrogen and oxygen atoms in total. The minimum absolute atomic E-state index is 0.0559. The fourth-order valence-electron chi connectivity index (χ4n) is 3.87. The number of hydrazine groups is 1. The Morgan fingerprint density at radius 3 is 2.68 bits per heavy atom. The van der Waals surface area contributed by atoms with Crippen molar-refractivity contribution in [2.75, 3.05) is 57.9 Å². The summed E-state index contributed by atoms with van der Waals surface area (Å²) in [5.41, 5.74) is 7.32. The van der Waals surface area contributed by atoms with Crippen molar-refractivity contribution in [3.05, 3.63) is 17.7 Å². The van der Waals surface area contributed by atoms with E-state index in [4.69, 9.17) is 9.47 Å². The Labute approximate surface area is 147 Å². The lowest BCUT2D eigenvalue weighted by molar-refractivity contribution is -0.123. The van der Waals surface area contributed by atoms with Crippen LogP contribution in [-0.2, 0) is 9.53 Å². The molecule has 136 valence electrons. The van der Waals surface area contributed by atoms with Gasteiger partial charge in [-0.3, -0.25) is 25.4 Å². The highest BCUT2D eigenvalue weighted by molar-refractivity contribution is 5.98.